The van der Waals surface area contributed by atoms with Gasteiger partial charge in [-0.15, -0.1) is 0 Å². The monoisotopic (exact) mass is 196 g/mol. The molecule has 2 aliphatic heterocycles. The Morgan fingerprint density at radius 1 is 1.36 bits per heavy atom. The van der Waals surface area contributed by atoms with E-state index in [1.54, 1.807) is 0 Å². The first-order chi connectivity index (χ1) is 6.63. The molecule has 2 heterocycles. The molecule has 2 saturated heterocycles. The molecule has 1 amide bonds. The van der Waals surface area contributed by atoms with Crippen LogP contribution >= 0.6 is 0 Å². The highest BCUT2D eigenvalue weighted by molar-refractivity contribution is 5.84. The molecule has 14 heavy (non-hydrogen) atoms. The molecule has 2 aliphatic rings. The van der Waals surface area contributed by atoms with Gasteiger partial charge in [0.2, 0.25) is 5.91 Å². The standard InChI is InChI=1S/C11H20N2O/c1-8(2)13-9(3)12-7-5-4-6-10(12)11(13)14/h8-10H,4-7H2,1-3H3. The summed E-state index contributed by atoms with van der Waals surface area (Å²) < 4.78 is 0. The number of nitrogens with zero attached hydrogens (tertiary/aromatic N) is 2. The quantitative estimate of drug-likeness (QED) is 0.633. The molecule has 2 fully saturated rings. The van der Waals surface area contributed by atoms with Gasteiger partial charge < -0.3 is 4.90 Å². The zero-order chi connectivity index (χ0) is 10.3. The fraction of sp³-hybridized carbons (Fsp3) is 0.909. The fourth-order valence-corrected chi connectivity index (χ4v) is 2.87. The largest absolute Gasteiger partial charge is 0.323 e. The van der Waals surface area contributed by atoms with Crippen LogP contribution in [0.25, 0.3) is 0 Å². The van der Waals surface area contributed by atoms with Crippen molar-refractivity contribution in [3.05, 3.63) is 0 Å². The third kappa shape index (κ3) is 1.34. The molecule has 3 heteroatoms. The lowest BCUT2D eigenvalue weighted by atomic mass is 10.0. The van der Waals surface area contributed by atoms with Crippen LogP contribution in [0.1, 0.15) is 40.0 Å². The Labute approximate surface area is 86.1 Å². The van der Waals surface area contributed by atoms with Gasteiger partial charge in [0.1, 0.15) is 0 Å². The molecule has 0 aromatic carbocycles. The highest BCUT2D eigenvalue weighted by Gasteiger charge is 2.45. The second-order valence-electron chi connectivity index (χ2n) is 4.72. The van der Waals surface area contributed by atoms with Crippen LogP contribution in [0, 0.1) is 0 Å². The zero-order valence-corrected chi connectivity index (χ0v) is 9.36. The maximum Gasteiger partial charge on any atom is 0.241 e. The van der Waals surface area contributed by atoms with Gasteiger partial charge in [-0.2, -0.15) is 0 Å². The summed E-state index contributed by atoms with van der Waals surface area (Å²) in [6, 6.07) is 0.532. The SMILES string of the molecule is CC(C)N1C(=O)C2CCCCN2C1C. The average Bonchev–Trinajstić information content (AvgIpc) is 2.41. The van der Waals surface area contributed by atoms with E-state index in [1.807, 2.05) is 4.90 Å². The minimum Gasteiger partial charge on any atom is -0.323 e. The van der Waals surface area contributed by atoms with Gasteiger partial charge in [0.05, 0.1) is 12.2 Å². The van der Waals surface area contributed by atoms with E-state index in [2.05, 4.69) is 25.7 Å². The molecule has 0 bridgehead atoms. The molecule has 2 rings (SSSR count). The molecule has 0 aliphatic carbocycles. The Kier molecular flexibility index (Phi) is 2.52. The van der Waals surface area contributed by atoms with Crippen molar-refractivity contribution in [1.82, 2.24) is 9.80 Å². The summed E-state index contributed by atoms with van der Waals surface area (Å²) in [5.74, 6) is 0.354. The van der Waals surface area contributed by atoms with Crippen molar-refractivity contribution >= 4 is 5.91 Å². The number of amides is 1. The zero-order valence-electron chi connectivity index (χ0n) is 9.36. The van der Waals surface area contributed by atoms with Gasteiger partial charge >= 0.3 is 0 Å². The van der Waals surface area contributed by atoms with Crippen LogP contribution in [0.4, 0.5) is 0 Å². The summed E-state index contributed by atoms with van der Waals surface area (Å²) in [4.78, 5) is 16.5. The third-order valence-electron chi connectivity index (χ3n) is 3.52. The Balaban J connectivity index is 2.20. The minimum absolute atomic E-state index is 0.196. The molecule has 0 aromatic heterocycles. The van der Waals surface area contributed by atoms with E-state index >= 15 is 0 Å². The summed E-state index contributed by atoms with van der Waals surface area (Å²) in [6.45, 7) is 7.46. The van der Waals surface area contributed by atoms with Crippen molar-refractivity contribution in [2.75, 3.05) is 6.54 Å². The summed E-state index contributed by atoms with van der Waals surface area (Å²) in [5.41, 5.74) is 0. The molecular formula is C11H20N2O. The predicted octanol–water partition coefficient (Wildman–Crippen LogP) is 1.44. The number of carbonyl (C=O) groups excluding carboxylic acids is 1. The Morgan fingerprint density at radius 3 is 2.64 bits per heavy atom. The summed E-state index contributed by atoms with van der Waals surface area (Å²) in [5, 5.41) is 0. The van der Waals surface area contributed by atoms with Crippen LogP contribution in [0.5, 0.6) is 0 Å². The second kappa shape index (κ2) is 3.54. The number of rotatable bonds is 1. The lowest BCUT2D eigenvalue weighted by Crippen LogP contribution is -2.42. The summed E-state index contributed by atoms with van der Waals surface area (Å²) in [7, 11) is 0. The van der Waals surface area contributed by atoms with Crippen LogP contribution < -0.4 is 0 Å². The van der Waals surface area contributed by atoms with Crippen molar-refractivity contribution in [3.8, 4) is 0 Å². The maximum atomic E-state index is 12.1. The molecule has 0 aromatic rings. The summed E-state index contributed by atoms with van der Waals surface area (Å²) >= 11 is 0. The van der Waals surface area contributed by atoms with Crippen molar-refractivity contribution in [2.45, 2.75) is 58.3 Å². The van der Waals surface area contributed by atoms with Crippen molar-refractivity contribution in [3.63, 3.8) is 0 Å². The molecule has 3 nitrogen and oxygen atoms in total. The van der Waals surface area contributed by atoms with Crippen molar-refractivity contribution in [1.29, 1.82) is 0 Å². The lowest BCUT2D eigenvalue weighted by Gasteiger charge is -2.32. The lowest BCUT2D eigenvalue weighted by molar-refractivity contribution is -0.131. The first-order valence-electron chi connectivity index (χ1n) is 5.71. The number of fused-ring (bicyclic) bond motifs is 1. The van der Waals surface area contributed by atoms with E-state index in [-0.39, 0.29) is 6.04 Å². The van der Waals surface area contributed by atoms with Gasteiger partial charge in [-0.25, -0.2) is 0 Å². The highest BCUT2D eigenvalue weighted by atomic mass is 16.2. The van der Waals surface area contributed by atoms with Crippen LogP contribution in [0.15, 0.2) is 0 Å². The van der Waals surface area contributed by atoms with E-state index in [0.717, 1.165) is 13.0 Å². The normalized spacial score (nSPS) is 34.0. The Hall–Kier alpha value is -0.570. The van der Waals surface area contributed by atoms with Crippen molar-refractivity contribution < 1.29 is 4.79 Å². The van der Waals surface area contributed by atoms with Crippen LogP contribution in [0.2, 0.25) is 0 Å². The molecule has 0 spiro atoms. The number of carbonyl (C=O) groups is 1. The van der Waals surface area contributed by atoms with Gasteiger partial charge in [-0.3, -0.25) is 9.69 Å². The molecule has 0 N–H and O–H groups in total. The Bertz CT molecular complexity index is 239. The van der Waals surface area contributed by atoms with Crippen LogP contribution in [0.3, 0.4) is 0 Å². The second-order valence-corrected chi connectivity index (χ2v) is 4.72. The first-order valence-corrected chi connectivity index (χ1v) is 5.71. The van der Waals surface area contributed by atoms with Crippen LogP contribution in [-0.2, 0) is 4.79 Å². The smallest absolute Gasteiger partial charge is 0.241 e. The molecular weight excluding hydrogens is 176 g/mol. The minimum atomic E-state index is 0.196. The van der Waals surface area contributed by atoms with E-state index in [1.165, 1.54) is 12.8 Å². The summed E-state index contributed by atoms with van der Waals surface area (Å²) in [6.07, 6.45) is 3.84. The van der Waals surface area contributed by atoms with E-state index in [4.69, 9.17) is 0 Å². The molecule has 2 atom stereocenters. The molecule has 0 saturated carbocycles. The van der Waals surface area contributed by atoms with Gasteiger partial charge in [-0.1, -0.05) is 6.42 Å². The van der Waals surface area contributed by atoms with Gasteiger partial charge in [0.15, 0.2) is 0 Å². The number of hydrogen-bond acceptors (Lipinski definition) is 2. The molecule has 80 valence electrons. The van der Waals surface area contributed by atoms with Gasteiger partial charge in [-0.05, 0) is 33.6 Å². The Morgan fingerprint density at radius 2 is 2.07 bits per heavy atom. The van der Waals surface area contributed by atoms with Gasteiger partial charge in [0, 0.05) is 12.6 Å². The fourth-order valence-electron chi connectivity index (χ4n) is 2.87. The topological polar surface area (TPSA) is 23.6 Å². The highest BCUT2D eigenvalue weighted by Crippen LogP contribution is 2.30. The van der Waals surface area contributed by atoms with Crippen LogP contribution in [-0.4, -0.2) is 40.5 Å². The number of hydrogen-bond donors (Lipinski definition) is 0. The predicted molar refractivity (Wildman–Crippen MR) is 55.8 cm³/mol. The number of piperidine rings is 1. The maximum absolute atomic E-state index is 12.1. The molecule has 0 radical (unpaired) electrons. The van der Waals surface area contributed by atoms with E-state index < -0.39 is 0 Å². The third-order valence-corrected chi connectivity index (χ3v) is 3.52. The average molecular weight is 196 g/mol. The molecule has 2 unspecified atom stereocenters. The van der Waals surface area contributed by atoms with Gasteiger partial charge in [0.25, 0.3) is 0 Å². The van der Waals surface area contributed by atoms with E-state index in [0.29, 0.717) is 18.1 Å². The van der Waals surface area contributed by atoms with Crippen molar-refractivity contribution in [2.24, 2.45) is 0 Å². The van der Waals surface area contributed by atoms with E-state index in [9.17, 15) is 4.79 Å². The first kappa shape index (κ1) is 9.97.